The van der Waals surface area contributed by atoms with Crippen molar-refractivity contribution in [2.24, 2.45) is 0 Å². The topological polar surface area (TPSA) is 34.9 Å². The Labute approximate surface area is 210 Å². The SMILES string of the molecule is CC(C)(C)c1ccc(CSc2nc3sc4c(c3c(=O)n2CCc2ccccc2)CCCC4)cc1. The van der Waals surface area contributed by atoms with Crippen LogP contribution in [0, 0.1) is 0 Å². The molecule has 5 rings (SSSR count). The second kappa shape index (κ2) is 9.71. The number of hydrogen-bond acceptors (Lipinski definition) is 4. The average Bonchev–Trinajstić information content (AvgIpc) is 3.21. The quantitative estimate of drug-likeness (QED) is 0.213. The van der Waals surface area contributed by atoms with Crippen molar-refractivity contribution in [3.63, 3.8) is 0 Å². The maximum atomic E-state index is 13.8. The highest BCUT2D eigenvalue weighted by molar-refractivity contribution is 7.98. The Morgan fingerprint density at radius 3 is 2.44 bits per heavy atom. The van der Waals surface area contributed by atoms with Gasteiger partial charge in [0.2, 0.25) is 0 Å². The van der Waals surface area contributed by atoms with E-state index in [1.165, 1.54) is 40.0 Å². The van der Waals surface area contributed by atoms with Crippen molar-refractivity contribution in [3.05, 3.63) is 92.1 Å². The van der Waals surface area contributed by atoms with Gasteiger partial charge in [-0.1, -0.05) is 87.1 Å². The zero-order chi connectivity index (χ0) is 23.7. The van der Waals surface area contributed by atoms with Crippen LogP contribution in [-0.4, -0.2) is 9.55 Å². The van der Waals surface area contributed by atoms with Gasteiger partial charge in [-0.25, -0.2) is 4.98 Å². The molecule has 176 valence electrons. The standard InChI is InChI=1S/C29H32N2OS2/c1-29(2,3)22-15-13-21(14-16-22)19-33-28-30-26-25(23-11-7-8-12-24(23)34-26)27(32)31(28)18-17-20-9-5-4-6-10-20/h4-6,9-10,13-16H,7-8,11-12,17-19H2,1-3H3. The lowest BCUT2D eigenvalue weighted by molar-refractivity contribution is 0.590. The first-order valence-corrected chi connectivity index (χ1v) is 14.0. The summed E-state index contributed by atoms with van der Waals surface area (Å²) in [5.41, 5.74) is 5.40. The highest BCUT2D eigenvalue weighted by Gasteiger charge is 2.22. The molecule has 0 unspecified atom stereocenters. The summed E-state index contributed by atoms with van der Waals surface area (Å²) in [5, 5.41) is 1.72. The van der Waals surface area contributed by atoms with E-state index in [1.807, 2.05) is 10.6 Å². The van der Waals surface area contributed by atoms with E-state index in [4.69, 9.17) is 4.98 Å². The summed E-state index contributed by atoms with van der Waals surface area (Å²) in [6, 6.07) is 19.3. The predicted molar refractivity (Wildman–Crippen MR) is 145 cm³/mol. The number of thiophene rings is 1. The molecule has 3 nitrogen and oxygen atoms in total. The molecule has 1 aliphatic carbocycles. The van der Waals surface area contributed by atoms with Crippen molar-refractivity contribution < 1.29 is 0 Å². The lowest BCUT2D eigenvalue weighted by Gasteiger charge is -2.19. The van der Waals surface area contributed by atoms with E-state index >= 15 is 0 Å². The van der Waals surface area contributed by atoms with Crippen molar-refractivity contribution in [1.82, 2.24) is 9.55 Å². The fourth-order valence-electron chi connectivity index (χ4n) is 4.66. The van der Waals surface area contributed by atoms with E-state index in [0.29, 0.717) is 6.54 Å². The predicted octanol–water partition coefficient (Wildman–Crippen LogP) is 7.17. The number of aromatic nitrogens is 2. The first kappa shape index (κ1) is 23.4. The molecule has 34 heavy (non-hydrogen) atoms. The Hall–Kier alpha value is -2.37. The van der Waals surface area contributed by atoms with Gasteiger partial charge in [-0.05, 0) is 59.8 Å². The summed E-state index contributed by atoms with van der Waals surface area (Å²) in [4.78, 5) is 21.2. The third kappa shape index (κ3) is 4.87. The van der Waals surface area contributed by atoms with Crippen LogP contribution in [-0.2, 0) is 37.0 Å². The highest BCUT2D eigenvalue weighted by atomic mass is 32.2. The molecule has 0 fully saturated rings. The van der Waals surface area contributed by atoms with Crippen molar-refractivity contribution in [1.29, 1.82) is 0 Å². The van der Waals surface area contributed by atoms with Crippen LogP contribution in [0.3, 0.4) is 0 Å². The number of aryl methyl sites for hydroxylation is 3. The second-order valence-corrected chi connectivity index (χ2v) is 12.2. The fraction of sp³-hybridized carbons (Fsp3) is 0.379. The normalized spacial score (nSPS) is 13.9. The Kier molecular flexibility index (Phi) is 6.67. The zero-order valence-corrected chi connectivity index (χ0v) is 21.9. The van der Waals surface area contributed by atoms with Crippen LogP contribution in [0.25, 0.3) is 10.2 Å². The maximum Gasteiger partial charge on any atom is 0.263 e. The van der Waals surface area contributed by atoms with Gasteiger partial charge in [0.1, 0.15) is 4.83 Å². The Morgan fingerprint density at radius 1 is 0.971 bits per heavy atom. The maximum absolute atomic E-state index is 13.8. The van der Waals surface area contributed by atoms with E-state index in [9.17, 15) is 4.79 Å². The third-order valence-corrected chi connectivity index (χ3v) is 8.93. The third-order valence-electron chi connectivity index (χ3n) is 6.69. The second-order valence-electron chi connectivity index (χ2n) is 10.2. The van der Waals surface area contributed by atoms with E-state index in [2.05, 4.69) is 69.3 Å². The first-order chi connectivity index (χ1) is 16.4. The van der Waals surface area contributed by atoms with Gasteiger partial charge in [-0.3, -0.25) is 9.36 Å². The van der Waals surface area contributed by atoms with Crippen LogP contribution in [0.1, 0.15) is 60.7 Å². The van der Waals surface area contributed by atoms with Crippen LogP contribution in [0.4, 0.5) is 0 Å². The minimum Gasteiger partial charge on any atom is -0.287 e. The molecule has 2 aromatic carbocycles. The minimum atomic E-state index is 0.144. The molecular formula is C29H32N2OS2. The largest absolute Gasteiger partial charge is 0.287 e. The van der Waals surface area contributed by atoms with E-state index in [1.54, 1.807) is 23.1 Å². The minimum absolute atomic E-state index is 0.144. The molecule has 0 spiro atoms. The first-order valence-electron chi connectivity index (χ1n) is 12.2. The van der Waals surface area contributed by atoms with Gasteiger partial charge in [-0.15, -0.1) is 11.3 Å². The van der Waals surface area contributed by atoms with Crippen molar-refractivity contribution in [2.75, 3.05) is 0 Å². The zero-order valence-electron chi connectivity index (χ0n) is 20.3. The lowest BCUT2D eigenvalue weighted by atomic mass is 9.87. The number of nitrogens with zero attached hydrogens (tertiary/aromatic N) is 2. The molecule has 1 aliphatic rings. The average molecular weight is 489 g/mol. The lowest BCUT2D eigenvalue weighted by Crippen LogP contribution is -2.24. The van der Waals surface area contributed by atoms with E-state index in [-0.39, 0.29) is 11.0 Å². The number of thioether (sulfide) groups is 1. The van der Waals surface area contributed by atoms with Gasteiger partial charge in [-0.2, -0.15) is 0 Å². The van der Waals surface area contributed by atoms with Crippen LogP contribution >= 0.6 is 23.1 Å². The number of hydrogen-bond donors (Lipinski definition) is 0. The number of benzene rings is 2. The molecule has 0 aliphatic heterocycles. The van der Waals surface area contributed by atoms with Crippen molar-refractivity contribution in [2.45, 2.75) is 75.7 Å². The Balaban J connectivity index is 1.48. The molecule has 0 amide bonds. The molecular weight excluding hydrogens is 456 g/mol. The van der Waals surface area contributed by atoms with E-state index < -0.39 is 0 Å². The fourth-order valence-corrected chi connectivity index (χ4v) is 6.95. The van der Waals surface area contributed by atoms with Gasteiger partial charge >= 0.3 is 0 Å². The van der Waals surface area contributed by atoms with Crippen LogP contribution in [0.15, 0.2) is 64.5 Å². The van der Waals surface area contributed by atoms with Gasteiger partial charge in [0.25, 0.3) is 5.56 Å². The van der Waals surface area contributed by atoms with Crippen molar-refractivity contribution >= 4 is 33.3 Å². The van der Waals surface area contributed by atoms with Crippen molar-refractivity contribution in [3.8, 4) is 0 Å². The smallest absolute Gasteiger partial charge is 0.263 e. The molecule has 0 radical (unpaired) electrons. The molecule has 2 heterocycles. The Bertz CT molecular complexity index is 1350. The van der Waals surface area contributed by atoms with Crippen LogP contribution in [0.5, 0.6) is 0 Å². The van der Waals surface area contributed by atoms with E-state index in [0.717, 1.165) is 40.4 Å². The van der Waals surface area contributed by atoms with Crippen LogP contribution in [0.2, 0.25) is 0 Å². The summed E-state index contributed by atoms with van der Waals surface area (Å²) in [6.45, 7) is 7.37. The molecule has 0 bridgehead atoms. The number of rotatable bonds is 6. The molecule has 5 heteroatoms. The summed E-state index contributed by atoms with van der Waals surface area (Å²) < 4.78 is 1.94. The molecule has 2 aromatic heterocycles. The summed E-state index contributed by atoms with van der Waals surface area (Å²) in [7, 11) is 0. The van der Waals surface area contributed by atoms with Crippen LogP contribution < -0.4 is 5.56 Å². The molecule has 0 atom stereocenters. The molecule has 4 aromatic rings. The monoisotopic (exact) mass is 488 g/mol. The van der Waals surface area contributed by atoms with Gasteiger partial charge < -0.3 is 0 Å². The summed E-state index contributed by atoms with van der Waals surface area (Å²) >= 11 is 3.42. The molecule has 0 N–H and O–H groups in total. The van der Waals surface area contributed by atoms with Gasteiger partial charge in [0.05, 0.1) is 5.39 Å². The van der Waals surface area contributed by atoms with Gasteiger partial charge in [0, 0.05) is 17.2 Å². The molecule has 0 saturated heterocycles. The Morgan fingerprint density at radius 2 is 1.71 bits per heavy atom. The molecule has 0 saturated carbocycles. The summed E-state index contributed by atoms with van der Waals surface area (Å²) in [5.74, 6) is 0.804. The number of fused-ring (bicyclic) bond motifs is 3. The highest BCUT2D eigenvalue weighted by Crippen LogP contribution is 2.35. The summed E-state index contributed by atoms with van der Waals surface area (Å²) in [6.07, 6.45) is 5.31. The van der Waals surface area contributed by atoms with Gasteiger partial charge in [0.15, 0.2) is 5.16 Å².